The number of nitrogen functional groups attached to an aromatic ring is 1. The van der Waals surface area contributed by atoms with Crippen molar-refractivity contribution < 1.29 is 0 Å². The van der Waals surface area contributed by atoms with Gasteiger partial charge in [0.15, 0.2) is 0 Å². The number of nitrogens with zero attached hydrogens (tertiary/aromatic N) is 2. The summed E-state index contributed by atoms with van der Waals surface area (Å²) in [5, 5.41) is 7.03. The predicted octanol–water partition coefficient (Wildman–Crippen LogP) is 1.58. The van der Waals surface area contributed by atoms with E-state index in [1.165, 1.54) is 25.1 Å². The van der Waals surface area contributed by atoms with Crippen LogP contribution in [-0.4, -0.2) is 34.2 Å². The van der Waals surface area contributed by atoms with Crippen LogP contribution < -0.4 is 5.73 Å². The number of hydrogen-bond donors (Lipinski definition) is 2. The molecule has 1 saturated heterocycles. The minimum Gasteiger partial charge on any atom is -0.382 e. The van der Waals surface area contributed by atoms with Crippen molar-refractivity contribution in [3.63, 3.8) is 0 Å². The van der Waals surface area contributed by atoms with Crippen LogP contribution in [0.4, 0.5) is 5.82 Å². The van der Waals surface area contributed by atoms with E-state index in [1.54, 1.807) is 0 Å². The van der Waals surface area contributed by atoms with E-state index in [1.807, 2.05) is 6.07 Å². The lowest BCUT2D eigenvalue weighted by Crippen LogP contribution is -2.39. The van der Waals surface area contributed by atoms with E-state index < -0.39 is 0 Å². The van der Waals surface area contributed by atoms with Crippen molar-refractivity contribution in [3.8, 4) is 0 Å². The van der Waals surface area contributed by atoms with Crippen molar-refractivity contribution in [2.75, 3.05) is 18.8 Å². The molecule has 84 valence electrons. The van der Waals surface area contributed by atoms with Crippen LogP contribution in [0.3, 0.4) is 0 Å². The molecule has 4 heteroatoms. The first-order valence-corrected chi connectivity index (χ1v) is 5.71. The molecule has 1 aromatic rings. The van der Waals surface area contributed by atoms with Crippen LogP contribution in [0.1, 0.15) is 38.3 Å². The third-order valence-electron chi connectivity index (χ3n) is 3.24. The summed E-state index contributed by atoms with van der Waals surface area (Å²) < 4.78 is 0. The second-order valence-electron chi connectivity index (χ2n) is 4.68. The van der Waals surface area contributed by atoms with E-state index in [2.05, 4.69) is 28.9 Å². The van der Waals surface area contributed by atoms with Crippen LogP contribution in [0.2, 0.25) is 0 Å². The number of nitrogens with one attached hydrogen (secondary N) is 1. The number of aromatic nitrogens is 2. The Morgan fingerprint density at radius 2 is 2.40 bits per heavy atom. The summed E-state index contributed by atoms with van der Waals surface area (Å²) in [6.07, 6.45) is 2.51. The first-order chi connectivity index (χ1) is 7.16. The predicted molar refractivity (Wildman–Crippen MR) is 61.7 cm³/mol. The fraction of sp³-hybridized carbons (Fsp3) is 0.727. The average molecular weight is 208 g/mol. The highest BCUT2D eigenvalue weighted by Crippen LogP contribution is 2.27. The minimum atomic E-state index is 0.575. The number of piperidine rings is 1. The molecule has 4 nitrogen and oxygen atoms in total. The lowest BCUT2D eigenvalue weighted by molar-refractivity contribution is 0.166. The maximum Gasteiger partial charge on any atom is 0.145 e. The lowest BCUT2D eigenvalue weighted by Gasteiger charge is -2.34. The van der Waals surface area contributed by atoms with Gasteiger partial charge in [0.05, 0.1) is 0 Å². The number of aromatic amines is 1. The van der Waals surface area contributed by atoms with Gasteiger partial charge in [-0.05, 0) is 33.2 Å². The van der Waals surface area contributed by atoms with Gasteiger partial charge >= 0.3 is 0 Å². The Morgan fingerprint density at radius 3 is 3.00 bits per heavy atom. The SMILES string of the molecule is CC(C)N1CCCC(c2cc(N)n[nH]2)C1. The van der Waals surface area contributed by atoms with Crippen LogP contribution in [0.25, 0.3) is 0 Å². The minimum absolute atomic E-state index is 0.575. The fourth-order valence-electron chi connectivity index (χ4n) is 2.29. The van der Waals surface area contributed by atoms with E-state index in [0.29, 0.717) is 17.8 Å². The van der Waals surface area contributed by atoms with Gasteiger partial charge in [-0.15, -0.1) is 0 Å². The molecule has 1 aromatic heterocycles. The standard InChI is InChI=1S/C11H20N4/c1-8(2)15-5-3-4-9(7-15)10-6-11(12)14-13-10/h6,8-9H,3-5,7H2,1-2H3,(H3,12,13,14). The van der Waals surface area contributed by atoms with E-state index in [0.717, 1.165) is 6.54 Å². The summed E-state index contributed by atoms with van der Waals surface area (Å²) in [6.45, 7) is 6.85. The summed E-state index contributed by atoms with van der Waals surface area (Å²) in [5.74, 6) is 1.18. The topological polar surface area (TPSA) is 57.9 Å². The van der Waals surface area contributed by atoms with Crippen LogP contribution >= 0.6 is 0 Å². The molecule has 2 rings (SSSR count). The van der Waals surface area contributed by atoms with Crippen LogP contribution in [-0.2, 0) is 0 Å². The lowest BCUT2D eigenvalue weighted by atomic mass is 9.94. The summed E-state index contributed by atoms with van der Waals surface area (Å²) in [7, 11) is 0. The van der Waals surface area contributed by atoms with Gasteiger partial charge < -0.3 is 10.6 Å². The molecular formula is C11H20N4. The van der Waals surface area contributed by atoms with Gasteiger partial charge in [-0.3, -0.25) is 5.10 Å². The molecular weight excluding hydrogens is 188 g/mol. The van der Waals surface area contributed by atoms with Crippen LogP contribution in [0.15, 0.2) is 6.07 Å². The highest BCUT2D eigenvalue weighted by atomic mass is 15.2. The van der Waals surface area contributed by atoms with Crippen molar-refractivity contribution in [2.24, 2.45) is 0 Å². The fourth-order valence-corrected chi connectivity index (χ4v) is 2.29. The molecule has 0 aromatic carbocycles. The van der Waals surface area contributed by atoms with E-state index >= 15 is 0 Å². The molecule has 1 unspecified atom stereocenters. The molecule has 3 N–H and O–H groups in total. The molecule has 0 radical (unpaired) electrons. The van der Waals surface area contributed by atoms with Crippen molar-refractivity contribution in [2.45, 2.75) is 38.6 Å². The van der Waals surface area contributed by atoms with Gasteiger partial charge in [0, 0.05) is 30.3 Å². The van der Waals surface area contributed by atoms with E-state index in [-0.39, 0.29) is 0 Å². The summed E-state index contributed by atoms with van der Waals surface area (Å²) in [6, 6.07) is 2.60. The Kier molecular flexibility index (Phi) is 2.95. The van der Waals surface area contributed by atoms with Crippen molar-refractivity contribution in [1.29, 1.82) is 0 Å². The van der Waals surface area contributed by atoms with Gasteiger partial charge in [-0.25, -0.2) is 0 Å². The molecule has 0 bridgehead atoms. The van der Waals surface area contributed by atoms with Gasteiger partial charge in [0.1, 0.15) is 5.82 Å². The Morgan fingerprint density at radius 1 is 1.60 bits per heavy atom. The first-order valence-electron chi connectivity index (χ1n) is 5.71. The Bertz CT molecular complexity index is 318. The normalized spacial score (nSPS) is 23.5. The van der Waals surface area contributed by atoms with E-state index in [4.69, 9.17) is 5.73 Å². The maximum absolute atomic E-state index is 5.62. The Labute approximate surface area is 90.8 Å². The monoisotopic (exact) mass is 208 g/mol. The summed E-state index contributed by atoms with van der Waals surface area (Å²) in [5.41, 5.74) is 6.82. The second kappa shape index (κ2) is 4.23. The number of anilines is 1. The highest BCUT2D eigenvalue weighted by Gasteiger charge is 2.23. The zero-order valence-corrected chi connectivity index (χ0v) is 9.53. The Balaban J connectivity index is 2.04. The van der Waals surface area contributed by atoms with Crippen LogP contribution in [0.5, 0.6) is 0 Å². The molecule has 0 aliphatic carbocycles. The van der Waals surface area contributed by atoms with Crippen molar-refractivity contribution in [1.82, 2.24) is 15.1 Å². The number of hydrogen-bond acceptors (Lipinski definition) is 3. The quantitative estimate of drug-likeness (QED) is 0.775. The largest absolute Gasteiger partial charge is 0.382 e. The number of H-pyrrole nitrogens is 1. The maximum atomic E-state index is 5.62. The first kappa shape index (κ1) is 10.5. The zero-order valence-electron chi connectivity index (χ0n) is 9.53. The third kappa shape index (κ3) is 2.31. The average Bonchev–Trinajstić information content (AvgIpc) is 2.65. The molecule has 15 heavy (non-hydrogen) atoms. The van der Waals surface area contributed by atoms with Crippen molar-refractivity contribution >= 4 is 5.82 Å². The molecule has 0 spiro atoms. The van der Waals surface area contributed by atoms with Crippen molar-refractivity contribution in [3.05, 3.63) is 11.8 Å². The molecule has 2 heterocycles. The molecule has 1 aliphatic heterocycles. The zero-order chi connectivity index (χ0) is 10.8. The smallest absolute Gasteiger partial charge is 0.145 e. The molecule has 1 aliphatic rings. The summed E-state index contributed by atoms with van der Waals surface area (Å²) >= 11 is 0. The van der Waals surface area contributed by atoms with Crippen LogP contribution in [0, 0.1) is 0 Å². The molecule has 0 amide bonds. The van der Waals surface area contributed by atoms with Gasteiger partial charge in [-0.2, -0.15) is 5.10 Å². The molecule has 1 fully saturated rings. The Hall–Kier alpha value is -1.03. The summed E-state index contributed by atoms with van der Waals surface area (Å²) in [4.78, 5) is 2.52. The molecule has 1 atom stereocenters. The number of rotatable bonds is 2. The number of nitrogens with two attached hydrogens (primary N) is 1. The second-order valence-corrected chi connectivity index (χ2v) is 4.68. The number of likely N-dealkylation sites (tertiary alicyclic amines) is 1. The van der Waals surface area contributed by atoms with Gasteiger partial charge in [-0.1, -0.05) is 0 Å². The highest BCUT2D eigenvalue weighted by molar-refractivity contribution is 5.30. The van der Waals surface area contributed by atoms with Gasteiger partial charge in [0.2, 0.25) is 0 Å². The molecule has 0 saturated carbocycles. The van der Waals surface area contributed by atoms with Gasteiger partial charge in [0.25, 0.3) is 0 Å². The van der Waals surface area contributed by atoms with E-state index in [9.17, 15) is 0 Å². The third-order valence-corrected chi connectivity index (χ3v) is 3.24.